The largest absolute Gasteiger partial charge is 0.497 e. The fraction of sp³-hybridized carbons (Fsp3) is 0.240. The zero-order chi connectivity index (χ0) is 24.8. The third kappa shape index (κ3) is 5.95. The summed E-state index contributed by atoms with van der Waals surface area (Å²) in [6, 6.07) is 17.3. The lowest BCUT2D eigenvalue weighted by atomic mass is 10.2. The molecule has 4 aromatic rings. The van der Waals surface area contributed by atoms with Gasteiger partial charge in [-0.3, -0.25) is 14.7 Å². The highest BCUT2D eigenvalue weighted by atomic mass is 32.2. The van der Waals surface area contributed by atoms with Crippen LogP contribution in [0.3, 0.4) is 0 Å². The monoisotopic (exact) mass is 511 g/mol. The van der Waals surface area contributed by atoms with Crippen LogP contribution in [0.25, 0.3) is 10.2 Å². The van der Waals surface area contributed by atoms with Crippen LogP contribution in [0.1, 0.15) is 18.5 Å². The van der Waals surface area contributed by atoms with Crippen LogP contribution in [0.5, 0.6) is 11.5 Å². The first-order valence-corrected chi connectivity index (χ1v) is 13.4. The number of rotatable bonds is 10. The second-order valence-corrected chi connectivity index (χ2v) is 10.8. The van der Waals surface area contributed by atoms with Crippen LogP contribution >= 0.6 is 11.3 Å². The van der Waals surface area contributed by atoms with Crippen LogP contribution in [0, 0.1) is 0 Å². The summed E-state index contributed by atoms with van der Waals surface area (Å²) in [5, 5.41) is 0.530. The number of thiazole rings is 1. The first-order valence-electron chi connectivity index (χ1n) is 10.9. The molecule has 0 atom stereocenters. The van der Waals surface area contributed by atoms with Gasteiger partial charge in [0.15, 0.2) is 15.0 Å². The predicted molar refractivity (Wildman–Crippen MR) is 136 cm³/mol. The third-order valence-corrected chi connectivity index (χ3v) is 8.24. The number of benzene rings is 2. The molecule has 2 heterocycles. The number of amides is 1. The standard InChI is InChI=1S/C25H25N3O5S2/c1-32-19-8-11-21(12-9-19)35(30,31)15-5-7-24(29)28(17-18-6-3-4-14-26-18)25-27-22-13-10-20(33-2)16-23(22)34-25/h3-4,6,8-14,16H,5,7,15,17H2,1-2H3. The van der Waals surface area contributed by atoms with Crippen LogP contribution in [0.2, 0.25) is 0 Å². The van der Waals surface area contributed by atoms with E-state index in [2.05, 4.69) is 9.97 Å². The Kier molecular flexibility index (Phi) is 7.62. The molecule has 0 unspecified atom stereocenters. The lowest BCUT2D eigenvalue weighted by Gasteiger charge is -2.19. The maximum atomic E-state index is 13.3. The Hall–Kier alpha value is -3.50. The Morgan fingerprint density at radius 1 is 1.00 bits per heavy atom. The number of hydrogen-bond donors (Lipinski definition) is 0. The summed E-state index contributed by atoms with van der Waals surface area (Å²) < 4.78 is 36.7. The maximum Gasteiger partial charge on any atom is 0.229 e. The average Bonchev–Trinajstić information content (AvgIpc) is 3.30. The van der Waals surface area contributed by atoms with E-state index in [4.69, 9.17) is 9.47 Å². The van der Waals surface area contributed by atoms with E-state index in [1.807, 2.05) is 36.4 Å². The molecular weight excluding hydrogens is 486 g/mol. The molecule has 8 nitrogen and oxygen atoms in total. The minimum absolute atomic E-state index is 0.0570. The third-order valence-electron chi connectivity index (χ3n) is 5.38. The highest BCUT2D eigenvalue weighted by molar-refractivity contribution is 7.91. The van der Waals surface area contributed by atoms with Gasteiger partial charge >= 0.3 is 0 Å². The topological polar surface area (TPSA) is 98.7 Å². The van der Waals surface area contributed by atoms with Gasteiger partial charge in [-0.05, 0) is 61.0 Å². The number of anilines is 1. The van der Waals surface area contributed by atoms with E-state index in [1.165, 1.54) is 30.6 Å². The van der Waals surface area contributed by atoms with Crippen molar-refractivity contribution in [3.8, 4) is 11.5 Å². The summed E-state index contributed by atoms with van der Waals surface area (Å²) >= 11 is 1.38. The van der Waals surface area contributed by atoms with Gasteiger partial charge < -0.3 is 9.47 Å². The Morgan fingerprint density at radius 2 is 1.74 bits per heavy atom. The molecule has 0 aliphatic heterocycles. The number of hydrogen-bond acceptors (Lipinski definition) is 8. The molecule has 10 heteroatoms. The fourth-order valence-corrected chi connectivity index (χ4v) is 5.82. The van der Waals surface area contributed by atoms with Crippen LogP contribution in [-0.4, -0.2) is 44.3 Å². The lowest BCUT2D eigenvalue weighted by Crippen LogP contribution is -2.30. The zero-order valence-corrected chi connectivity index (χ0v) is 21.0. The number of ether oxygens (including phenoxy) is 2. The molecule has 2 aromatic heterocycles. The quantitative estimate of drug-likeness (QED) is 0.309. The molecule has 0 spiro atoms. The van der Waals surface area contributed by atoms with Gasteiger partial charge in [0.25, 0.3) is 0 Å². The molecule has 1 amide bonds. The summed E-state index contributed by atoms with van der Waals surface area (Å²) in [6.07, 6.45) is 1.91. The van der Waals surface area contributed by atoms with Crippen LogP contribution in [-0.2, 0) is 21.2 Å². The number of carbonyl (C=O) groups is 1. The number of sulfone groups is 1. The molecule has 4 rings (SSSR count). The Bertz CT molecular complexity index is 1400. The summed E-state index contributed by atoms with van der Waals surface area (Å²) in [7, 11) is -0.405. The second kappa shape index (κ2) is 10.8. The fourth-order valence-electron chi connectivity index (χ4n) is 3.50. The van der Waals surface area contributed by atoms with E-state index >= 15 is 0 Å². The molecule has 35 heavy (non-hydrogen) atoms. The zero-order valence-electron chi connectivity index (χ0n) is 19.4. The molecule has 0 saturated carbocycles. The normalized spacial score (nSPS) is 11.4. The first kappa shape index (κ1) is 24.6. The van der Waals surface area contributed by atoms with Crippen molar-refractivity contribution >= 4 is 42.4 Å². The van der Waals surface area contributed by atoms with Crippen LogP contribution in [0.15, 0.2) is 71.8 Å². The van der Waals surface area contributed by atoms with Gasteiger partial charge in [0.2, 0.25) is 5.91 Å². The molecule has 0 bridgehead atoms. The van der Waals surface area contributed by atoms with E-state index < -0.39 is 9.84 Å². The van der Waals surface area contributed by atoms with E-state index in [1.54, 1.807) is 30.3 Å². The average molecular weight is 512 g/mol. The number of fused-ring (bicyclic) bond motifs is 1. The summed E-state index contributed by atoms with van der Waals surface area (Å²) in [5.41, 5.74) is 1.47. The SMILES string of the molecule is COc1ccc(S(=O)(=O)CCCC(=O)N(Cc2ccccn2)c2nc3ccc(OC)cc3s2)cc1. The van der Waals surface area contributed by atoms with Gasteiger partial charge in [0.05, 0.1) is 47.3 Å². The van der Waals surface area contributed by atoms with Crippen molar-refractivity contribution in [2.75, 3.05) is 24.9 Å². The summed E-state index contributed by atoms with van der Waals surface area (Å²) in [5.74, 6) is 0.933. The highest BCUT2D eigenvalue weighted by Gasteiger charge is 2.22. The highest BCUT2D eigenvalue weighted by Crippen LogP contribution is 2.32. The van der Waals surface area contributed by atoms with Crippen molar-refractivity contribution in [3.05, 3.63) is 72.6 Å². The molecule has 0 aliphatic carbocycles. The molecule has 2 aromatic carbocycles. The van der Waals surface area contributed by atoms with Crippen molar-refractivity contribution in [1.82, 2.24) is 9.97 Å². The number of methoxy groups -OCH3 is 2. The van der Waals surface area contributed by atoms with Crippen molar-refractivity contribution in [2.24, 2.45) is 0 Å². The van der Waals surface area contributed by atoms with Crippen molar-refractivity contribution in [2.45, 2.75) is 24.3 Å². The van der Waals surface area contributed by atoms with E-state index in [9.17, 15) is 13.2 Å². The van der Waals surface area contributed by atoms with Gasteiger partial charge in [0, 0.05) is 12.6 Å². The molecule has 0 N–H and O–H groups in total. The molecule has 0 radical (unpaired) electrons. The number of carbonyl (C=O) groups excluding carboxylic acids is 1. The number of nitrogens with zero attached hydrogens (tertiary/aromatic N) is 3. The molecule has 0 fully saturated rings. The van der Waals surface area contributed by atoms with Gasteiger partial charge in [-0.15, -0.1) is 0 Å². The Labute approximate surface area is 208 Å². The Balaban J connectivity index is 1.51. The minimum atomic E-state index is -3.52. The smallest absolute Gasteiger partial charge is 0.229 e. The summed E-state index contributed by atoms with van der Waals surface area (Å²) in [6.45, 7) is 0.238. The van der Waals surface area contributed by atoms with E-state index in [0.717, 1.165) is 10.2 Å². The Morgan fingerprint density at radius 3 is 2.43 bits per heavy atom. The number of pyridine rings is 1. The van der Waals surface area contributed by atoms with Crippen molar-refractivity contribution < 1.29 is 22.7 Å². The lowest BCUT2D eigenvalue weighted by molar-refractivity contribution is -0.118. The molecular formula is C25H25N3O5S2. The predicted octanol–water partition coefficient (Wildman–Crippen LogP) is 4.50. The van der Waals surface area contributed by atoms with E-state index in [-0.39, 0.29) is 35.9 Å². The minimum Gasteiger partial charge on any atom is -0.497 e. The van der Waals surface area contributed by atoms with Gasteiger partial charge in [-0.2, -0.15) is 0 Å². The van der Waals surface area contributed by atoms with Gasteiger partial charge in [-0.1, -0.05) is 17.4 Å². The van der Waals surface area contributed by atoms with Crippen LogP contribution in [0.4, 0.5) is 5.13 Å². The van der Waals surface area contributed by atoms with Crippen molar-refractivity contribution in [3.63, 3.8) is 0 Å². The van der Waals surface area contributed by atoms with Crippen LogP contribution < -0.4 is 14.4 Å². The van der Waals surface area contributed by atoms with E-state index in [0.29, 0.717) is 22.3 Å². The number of aromatic nitrogens is 2. The molecule has 0 saturated heterocycles. The molecule has 0 aliphatic rings. The summed E-state index contributed by atoms with van der Waals surface area (Å²) in [4.78, 5) is 24.0. The second-order valence-electron chi connectivity index (χ2n) is 7.73. The maximum absolute atomic E-state index is 13.3. The molecule has 182 valence electrons. The first-order chi connectivity index (χ1) is 16.9. The van der Waals surface area contributed by atoms with Gasteiger partial charge in [0.1, 0.15) is 11.5 Å². The van der Waals surface area contributed by atoms with Crippen molar-refractivity contribution in [1.29, 1.82) is 0 Å². The van der Waals surface area contributed by atoms with Gasteiger partial charge in [-0.25, -0.2) is 13.4 Å².